The largest absolute Gasteiger partial charge is 0.106 e. The maximum atomic E-state index is 5.10. The van der Waals surface area contributed by atoms with E-state index in [1.807, 2.05) is 12.1 Å². The normalized spacial score (nSPS) is 9.11. The Morgan fingerprint density at radius 1 is 0.889 bits per heavy atom. The van der Waals surface area contributed by atoms with Crippen LogP contribution in [0.25, 0.3) is 11.1 Å². The van der Waals surface area contributed by atoms with Crippen LogP contribution in [0.3, 0.4) is 0 Å². The summed E-state index contributed by atoms with van der Waals surface area (Å²) in [6.07, 6.45) is 6.17. The Labute approximate surface area is 109 Å². The van der Waals surface area contributed by atoms with Gasteiger partial charge in [-0.15, -0.1) is 6.42 Å². The molecule has 0 aliphatic rings. The second-order valence-electron chi connectivity index (χ2n) is 4.02. The summed E-state index contributed by atoms with van der Waals surface area (Å²) < 4.78 is 0. The number of benzene rings is 2. The van der Waals surface area contributed by atoms with Crippen molar-refractivity contribution in [3.63, 3.8) is 0 Å². The third-order valence-electron chi connectivity index (χ3n) is 2.86. The van der Waals surface area contributed by atoms with Crippen LogP contribution < -0.4 is 0 Å². The van der Waals surface area contributed by atoms with E-state index in [9.17, 15) is 0 Å². The van der Waals surface area contributed by atoms with Gasteiger partial charge in [-0.2, -0.15) is 0 Å². The van der Waals surface area contributed by atoms with E-state index in [1.54, 1.807) is 0 Å². The maximum absolute atomic E-state index is 5.10. The van der Waals surface area contributed by atoms with Gasteiger partial charge >= 0.3 is 0 Å². The van der Waals surface area contributed by atoms with Gasteiger partial charge in [0, 0.05) is 5.56 Å². The molecule has 0 nitrogen and oxygen atoms in total. The number of aryl methyl sites for hydroxylation is 1. The van der Waals surface area contributed by atoms with Gasteiger partial charge in [0.1, 0.15) is 0 Å². The fraction of sp³-hybridized carbons (Fsp3) is 0.111. The highest BCUT2D eigenvalue weighted by molar-refractivity contribution is 5.64. The van der Waals surface area contributed by atoms with E-state index < -0.39 is 0 Å². The standard InChI is InChI=1S/C18H14/c1-3-5-6-16-9-13-18(14-10-16)17-11-7-15(4-2)8-12-17/h1,7-14H,4H2,2H3. The highest BCUT2D eigenvalue weighted by atomic mass is 14.0. The van der Waals surface area contributed by atoms with Crippen molar-refractivity contribution in [2.45, 2.75) is 13.3 Å². The van der Waals surface area contributed by atoms with Crippen molar-refractivity contribution in [3.05, 3.63) is 59.7 Å². The fourth-order valence-electron chi connectivity index (χ4n) is 1.79. The lowest BCUT2D eigenvalue weighted by Crippen LogP contribution is -1.82. The van der Waals surface area contributed by atoms with Gasteiger partial charge in [-0.1, -0.05) is 49.2 Å². The first kappa shape index (κ1) is 12.0. The summed E-state index contributed by atoms with van der Waals surface area (Å²) in [4.78, 5) is 0. The van der Waals surface area contributed by atoms with Gasteiger partial charge in [0.15, 0.2) is 0 Å². The maximum Gasteiger partial charge on any atom is 0.0255 e. The summed E-state index contributed by atoms with van der Waals surface area (Å²) in [5.74, 6) is 7.84. The van der Waals surface area contributed by atoms with Crippen molar-refractivity contribution in [2.24, 2.45) is 0 Å². The molecule has 0 aliphatic heterocycles. The second kappa shape index (κ2) is 5.76. The Hall–Kier alpha value is -2.44. The molecule has 0 heterocycles. The van der Waals surface area contributed by atoms with Crippen molar-refractivity contribution in [1.82, 2.24) is 0 Å². The number of hydrogen-bond acceptors (Lipinski definition) is 0. The molecule has 0 fully saturated rings. The molecule has 0 aliphatic carbocycles. The minimum Gasteiger partial charge on any atom is -0.106 e. The van der Waals surface area contributed by atoms with Gasteiger partial charge in [0.25, 0.3) is 0 Å². The Kier molecular flexibility index (Phi) is 3.85. The summed E-state index contributed by atoms with van der Waals surface area (Å²) in [6.45, 7) is 2.16. The lowest BCUT2D eigenvalue weighted by molar-refractivity contribution is 1.14. The summed E-state index contributed by atoms with van der Waals surface area (Å²) in [7, 11) is 0. The van der Waals surface area contributed by atoms with E-state index in [-0.39, 0.29) is 0 Å². The van der Waals surface area contributed by atoms with Crippen LogP contribution in [0.15, 0.2) is 48.5 Å². The average molecular weight is 230 g/mol. The third-order valence-corrected chi connectivity index (χ3v) is 2.86. The van der Waals surface area contributed by atoms with E-state index >= 15 is 0 Å². The van der Waals surface area contributed by atoms with Crippen LogP contribution in [0, 0.1) is 24.2 Å². The molecule has 0 atom stereocenters. The molecular weight excluding hydrogens is 216 g/mol. The van der Waals surface area contributed by atoms with Crippen LogP contribution >= 0.6 is 0 Å². The lowest BCUT2D eigenvalue weighted by Gasteiger charge is -2.03. The van der Waals surface area contributed by atoms with Crippen LogP contribution in [0.1, 0.15) is 18.1 Å². The molecule has 0 spiro atoms. The van der Waals surface area contributed by atoms with E-state index in [4.69, 9.17) is 6.42 Å². The zero-order valence-electron chi connectivity index (χ0n) is 10.4. The first-order valence-corrected chi connectivity index (χ1v) is 5.99. The van der Waals surface area contributed by atoms with Crippen molar-refractivity contribution in [2.75, 3.05) is 0 Å². The van der Waals surface area contributed by atoms with Crippen molar-refractivity contribution >= 4 is 0 Å². The lowest BCUT2D eigenvalue weighted by atomic mass is 10.0. The van der Waals surface area contributed by atoms with E-state index in [2.05, 4.69) is 61.1 Å². The van der Waals surface area contributed by atoms with E-state index in [1.165, 1.54) is 16.7 Å². The van der Waals surface area contributed by atoms with Crippen LogP contribution in [-0.2, 0) is 6.42 Å². The molecule has 0 N–H and O–H groups in total. The van der Waals surface area contributed by atoms with Crippen LogP contribution in [0.5, 0.6) is 0 Å². The molecule has 2 aromatic carbocycles. The predicted molar refractivity (Wildman–Crippen MR) is 77.0 cm³/mol. The Bertz CT molecular complexity index is 611. The van der Waals surface area contributed by atoms with Gasteiger partial charge in [-0.25, -0.2) is 0 Å². The topological polar surface area (TPSA) is 0 Å². The van der Waals surface area contributed by atoms with Gasteiger partial charge in [0.2, 0.25) is 0 Å². The molecule has 2 rings (SSSR count). The first-order chi connectivity index (χ1) is 8.83. The van der Waals surface area contributed by atoms with Gasteiger partial charge < -0.3 is 0 Å². The highest BCUT2D eigenvalue weighted by Gasteiger charge is 1.97. The number of terminal acetylenes is 1. The van der Waals surface area contributed by atoms with Gasteiger partial charge in [0.05, 0.1) is 0 Å². The van der Waals surface area contributed by atoms with E-state index in [0.717, 1.165) is 12.0 Å². The average Bonchev–Trinajstić information content (AvgIpc) is 2.46. The fourth-order valence-corrected chi connectivity index (χ4v) is 1.79. The number of rotatable bonds is 2. The van der Waals surface area contributed by atoms with Crippen LogP contribution in [-0.4, -0.2) is 0 Å². The van der Waals surface area contributed by atoms with Crippen molar-refractivity contribution in [1.29, 1.82) is 0 Å². The van der Waals surface area contributed by atoms with Crippen molar-refractivity contribution in [3.8, 4) is 35.3 Å². The predicted octanol–water partition coefficient (Wildman–Crippen LogP) is 3.90. The molecule has 0 saturated carbocycles. The van der Waals surface area contributed by atoms with Crippen LogP contribution in [0.4, 0.5) is 0 Å². The van der Waals surface area contributed by atoms with Gasteiger partial charge in [-0.05, 0) is 47.1 Å². The highest BCUT2D eigenvalue weighted by Crippen LogP contribution is 2.20. The third kappa shape index (κ3) is 2.82. The van der Waals surface area contributed by atoms with Crippen LogP contribution in [0.2, 0.25) is 0 Å². The molecule has 0 amide bonds. The summed E-state index contributed by atoms with van der Waals surface area (Å²) in [5.41, 5.74) is 4.73. The molecule has 0 aromatic heterocycles. The summed E-state index contributed by atoms with van der Waals surface area (Å²) in [5, 5.41) is 0. The summed E-state index contributed by atoms with van der Waals surface area (Å²) >= 11 is 0. The molecule has 0 bridgehead atoms. The van der Waals surface area contributed by atoms with Crippen molar-refractivity contribution < 1.29 is 0 Å². The summed E-state index contributed by atoms with van der Waals surface area (Å²) in [6, 6.07) is 16.8. The van der Waals surface area contributed by atoms with Gasteiger partial charge in [-0.3, -0.25) is 0 Å². The SMILES string of the molecule is C#CC#Cc1ccc(-c2ccc(CC)cc2)cc1. The molecule has 2 aromatic rings. The minimum atomic E-state index is 0.946. The first-order valence-electron chi connectivity index (χ1n) is 5.99. The molecule has 0 saturated heterocycles. The Balaban J connectivity index is 2.26. The Morgan fingerprint density at radius 3 is 1.94 bits per heavy atom. The molecule has 0 radical (unpaired) electrons. The molecule has 18 heavy (non-hydrogen) atoms. The Morgan fingerprint density at radius 2 is 1.44 bits per heavy atom. The smallest absolute Gasteiger partial charge is 0.0255 e. The minimum absolute atomic E-state index is 0.946. The molecule has 0 unspecified atom stereocenters. The van der Waals surface area contributed by atoms with E-state index in [0.29, 0.717) is 0 Å². The molecular formula is C18H14. The molecule has 0 heteroatoms. The molecule has 86 valence electrons. The second-order valence-corrected chi connectivity index (χ2v) is 4.02. The monoisotopic (exact) mass is 230 g/mol. The quantitative estimate of drug-likeness (QED) is 0.686. The zero-order valence-corrected chi connectivity index (χ0v) is 10.4. The zero-order chi connectivity index (χ0) is 12.8. The number of hydrogen-bond donors (Lipinski definition) is 0.